The molecule has 1 aromatic carbocycles. The second-order valence-corrected chi connectivity index (χ2v) is 6.14. The maximum atomic E-state index is 11.1. The zero-order valence-electron chi connectivity index (χ0n) is 13.9. The Morgan fingerprint density at radius 2 is 2.00 bits per heavy atom. The first-order valence-corrected chi connectivity index (χ1v) is 7.66. The maximum Gasteiger partial charge on any atom is 0.301 e. The molecular weight excluding hydrogens is 312 g/mol. The van der Waals surface area contributed by atoms with E-state index in [4.69, 9.17) is 0 Å². The van der Waals surface area contributed by atoms with Crippen molar-refractivity contribution >= 4 is 22.8 Å². The molecule has 0 aromatic heterocycles. The highest BCUT2D eigenvalue weighted by Crippen LogP contribution is 2.38. The number of anilines is 1. The molecule has 0 bridgehead atoms. The van der Waals surface area contributed by atoms with Gasteiger partial charge in [0.05, 0.1) is 15.9 Å². The highest BCUT2D eigenvalue weighted by molar-refractivity contribution is 5.91. The molecule has 1 aliphatic rings. The first-order valence-electron chi connectivity index (χ1n) is 7.66. The Balaban J connectivity index is 2.31. The third-order valence-electron chi connectivity index (χ3n) is 4.73. The molecule has 0 fully saturated rings. The van der Waals surface area contributed by atoms with Crippen LogP contribution in [-0.4, -0.2) is 15.6 Å². The van der Waals surface area contributed by atoms with Crippen LogP contribution in [-0.2, 0) is 0 Å². The molecule has 1 aromatic rings. The van der Waals surface area contributed by atoms with Gasteiger partial charge in [0.2, 0.25) is 0 Å². The SMILES string of the molecule is CC1=CCCCC1(C)/C(C)=N/Nc1ccc([N+](=O)[O-])cc1[N+](=O)[O-]. The lowest BCUT2D eigenvalue weighted by molar-refractivity contribution is -0.393. The van der Waals surface area contributed by atoms with Gasteiger partial charge in [-0.1, -0.05) is 18.6 Å². The van der Waals surface area contributed by atoms with E-state index in [-0.39, 0.29) is 22.5 Å². The van der Waals surface area contributed by atoms with Crippen molar-refractivity contribution in [1.82, 2.24) is 0 Å². The van der Waals surface area contributed by atoms with Crippen LogP contribution in [0.1, 0.15) is 40.0 Å². The van der Waals surface area contributed by atoms with Crippen molar-refractivity contribution in [1.29, 1.82) is 0 Å². The number of allylic oxidation sites excluding steroid dienone is 2. The number of benzene rings is 1. The summed E-state index contributed by atoms with van der Waals surface area (Å²) in [6.45, 7) is 6.04. The number of non-ortho nitro benzene ring substituents is 1. The Morgan fingerprint density at radius 1 is 1.29 bits per heavy atom. The number of hydrogen-bond acceptors (Lipinski definition) is 6. The monoisotopic (exact) mass is 332 g/mol. The second kappa shape index (κ2) is 6.77. The van der Waals surface area contributed by atoms with E-state index in [1.807, 2.05) is 6.92 Å². The number of nitro benzene ring substituents is 2. The van der Waals surface area contributed by atoms with Crippen LogP contribution in [0.25, 0.3) is 0 Å². The average Bonchev–Trinajstić information content (AvgIpc) is 2.54. The zero-order chi connectivity index (χ0) is 17.9. The van der Waals surface area contributed by atoms with Gasteiger partial charge in [0, 0.05) is 17.2 Å². The van der Waals surface area contributed by atoms with Crippen molar-refractivity contribution in [3.05, 3.63) is 50.1 Å². The summed E-state index contributed by atoms with van der Waals surface area (Å²) in [6, 6.07) is 3.45. The highest BCUT2D eigenvalue weighted by atomic mass is 16.6. The van der Waals surface area contributed by atoms with E-state index >= 15 is 0 Å². The van der Waals surface area contributed by atoms with Crippen LogP contribution in [0.2, 0.25) is 0 Å². The molecule has 2 rings (SSSR count). The third-order valence-corrected chi connectivity index (χ3v) is 4.73. The molecule has 0 heterocycles. The van der Waals surface area contributed by atoms with Crippen LogP contribution in [0.5, 0.6) is 0 Å². The quantitative estimate of drug-likeness (QED) is 0.371. The van der Waals surface area contributed by atoms with E-state index in [1.54, 1.807) is 0 Å². The predicted molar refractivity (Wildman–Crippen MR) is 92.2 cm³/mol. The number of hydrazone groups is 1. The summed E-state index contributed by atoms with van der Waals surface area (Å²) in [5, 5.41) is 26.2. The van der Waals surface area contributed by atoms with Crippen LogP contribution in [0.3, 0.4) is 0 Å². The molecule has 1 N–H and O–H groups in total. The fourth-order valence-electron chi connectivity index (χ4n) is 2.81. The van der Waals surface area contributed by atoms with Gasteiger partial charge in [-0.25, -0.2) is 0 Å². The fraction of sp³-hybridized carbons (Fsp3) is 0.438. The van der Waals surface area contributed by atoms with E-state index < -0.39 is 9.85 Å². The standard InChI is InChI=1S/C16H20N4O4/c1-11-6-4-5-9-16(11,3)12(2)17-18-14-8-7-13(19(21)22)10-15(14)20(23)24/h6-8,10,18H,4-5,9H2,1-3H3/b17-12+. The molecule has 128 valence electrons. The molecular formula is C16H20N4O4. The van der Waals surface area contributed by atoms with Crippen molar-refractivity contribution in [2.75, 3.05) is 5.43 Å². The minimum absolute atomic E-state index is 0.131. The topological polar surface area (TPSA) is 111 Å². The highest BCUT2D eigenvalue weighted by Gasteiger charge is 2.31. The van der Waals surface area contributed by atoms with Gasteiger partial charge in [0.1, 0.15) is 5.69 Å². The van der Waals surface area contributed by atoms with Crippen LogP contribution in [0, 0.1) is 25.6 Å². The van der Waals surface area contributed by atoms with Gasteiger partial charge in [-0.05, 0) is 39.2 Å². The van der Waals surface area contributed by atoms with Gasteiger partial charge in [-0.15, -0.1) is 0 Å². The minimum atomic E-state index is -0.664. The number of nitrogens with one attached hydrogen (secondary N) is 1. The van der Waals surface area contributed by atoms with Crippen molar-refractivity contribution in [3.8, 4) is 0 Å². The van der Waals surface area contributed by atoms with Crippen LogP contribution in [0.15, 0.2) is 34.9 Å². The molecule has 1 atom stereocenters. The first kappa shape index (κ1) is 17.6. The van der Waals surface area contributed by atoms with E-state index in [0.29, 0.717) is 0 Å². The molecule has 0 saturated heterocycles. The lowest BCUT2D eigenvalue weighted by atomic mass is 9.72. The second-order valence-electron chi connectivity index (χ2n) is 6.14. The van der Waals surface area contributed by atoms with Gasteiger partial charge in [-0.2, -0.15) is 5.10 Å². The van der Waals surface area contributed by atoms with Gasteiger partial charge in [0.25, 0.3) is 5.69 Å². The van der Waals surface area contributed by atoms with Gasteiger partial charge in [0.15, 0.2) is 0 Å². The Bertz CT molecular complexity index is 742. The smallest absolute Gasteiger partial charge is 0.272 e. The summed E-state index contributed by atoms with van der Waals surface area (Å²) in [7, 11) is 0. The van der Waals surface area contributed by atoms with Crippen molar-refractivity contribution in [2.24, 2.45) is 10.5 Å². The molecule has 8 heteroatoms. The van der Waals surface area contributed by atoms with Crippen molar-refractivity contribution in [3.63, 3.8) is 0 Å². The van der Waals surface area contributed by atoms with Crippen molar-refractivity contribution in [2.45, 2.75) is 40.0 Å². The Hall–Kier alpha value is -2.77. The molecule has 0 saturated carbocycles. The lowest BCUT2D eigenvalue weighted by Gasteiger charge is -2.33. The summed E-state index contributed by atoms with van der Waals surface area (Å²) >= 11 is 0. The van der Waals surface area contributed by atoms with Crippen LogP contribution < -0.4 is 5.43 Å². The molecule has 1 aliphatic carbocycles. The molecule has 8 nitrogen and oxygen atoms in total. The third kappa shape index (κ3) is 3.42. The van der Waals surface area contributed by atoms with Gasteiger partial charge in [-0.3, -0.25) is 25.7 Å². The number of nitrogens with zero attached hydrogens (tertiary/aromatic N) is 3. The summed E-state index contributed by atoms with van der Waals surface area (Å²) in [6.07, 6.45) is 5.28. The van der Waals surface area contributed by atoms with E-state index in [9.17, 15) is 20.2 Å². The summed E-state index contributed by atoms with van der Waals surface area (Å²) in [5.74, 6) is 0. The van der Waals surface area contributed by atoms with Crippen LogP contribution >= 0.6 is 0 Å². The maximum absolute atomic E-state index is 11.1. The first-order chi connectivity index (χ1) is 11.3. The van der Waals surface area contributed by atoms with E-state index in [1.165, 1.54) is 17.7 Å². The minimum Gasteiger partial charge on any atom is -0.272 e. The summed E-state index contributed by atoms with van der Waals surface area (Å²) in [5.41, 5.74) is 4.00. The number of nitro groups is 2. The lowest BCUT2D eigenvalue weighted by Crippen LogP contribution is -2.29. The van der Waals surface area contributed by atoms with Gasteiger partial charge >= 0.3 is 5.69 Å². The molecule has 0 spiro atoms. The molecule has 0 aliphatic heterocycles. The van der Waals surface area contributed by atoms with Crippen LogP contribution in [0.4, 0.5) is 17.1 Å². The Morgan fingerprint density at radius 3 is 2.58 bits per heavy atom. The number of rotatable bonds is 5. The largest absolute Gasteiger partial charge is 0.301 e. The van der Waals surface area contributed by atoms with E-state index in [0.717, 1.165) is 31.0 Å². The molecule has 1 unspecified atom stereocenters. The normalized spacial score (nSPS) is 21.1. The zero-order valence-corrected chi connectivity index (χ0v) is 13.9. The fourth-order valence-corrected chi connectivity index (χ4v) is 2.81. The predicted octanol–water partition coefficient (Wildman–Crippen LogP) is 4.43. The van der Waals surface area contributed by atoms with E-state index in [2.05, 4.69) is 30.5 Å². The Kier molecular flexibility index (Phi) is 4.96. The molecule has 0 amide bonds. The average molecular weight is 332 g/mol. The molecule has 0 radical (unpaired) electrons. The summed E-state index contributed by atoms with van der Waals surface area (Å²) in [4.78, 5) is 20.6. The van der Waals surface area contributed by atoms with Crippen molar-refractivity contribution < 1.29 is 9.85 Å². The molecule has 24 heavy (non-hydrogen) atoms. The summed E-state index contributed by atoms with van der Waals surface area (Å²) < 4.78 is 0. The Labute approximate surface area is 139 Å². The number of hydrogen-bond donors (Lipinski definition) is 1. The van der Waals surface area contributed by atoms with Gasteiger partial charge < -0.3 is 0 Å².